The van der Waals surface area contributed by atoms with E-state index in [1.165, 1.54) is 61.8 Å². The largest absolute Gasteiger partial charge is 0.465 e. The van der Waals surface area contributed by atoms with E-state index < -0.39 is 35.9 Å². The van der Waals surface area contributed by atoms with Crippen LogP contribution in [0.5, 0.6) is 11.5 Å². The molecule has 0 unspecified atom stereocenters. The average molecular weight is 603 g/mol. The van der Waals surface area contributed by atoms with Crippen molar-refractivity contribution in [1.29, 1.82) is 0 Å². The highest BCUT2D eigenvalue weighted by atomic mass is 35.5. The van der Waals surface area contributed by atoms with Crippen molar-refractivity contribution in [3.05, 3.63) is 125 Å². The topological polar surface area (TPSA) is 86.8 Å². The fraction of sp³-hybridized carbons (Fsp3) is 0.167. The highest BCUT2D eigenvalue weighted by Gasteiger charge is 2.45. The summed E-state index contributed by atoms with van der Waals surface area (Å²) in [4.78, 5) is 29.5. The van der Waals surface area contributed by atoms with E-state index in [1.54, 1.807) is 30.3 Å². The molecule has 0 aliphatic heterocycles. The third-order valence-electron chi connectivity index (χ3n) is 6.11. The molecular weight excluding hydrogens is 580 g/mol. The zero-order chi connectivity index (χ0) is 30.3. The summed E-state index contributed by atoms with van der Waals surface area (Å²) in [6.07, 6.45) is -8.46. The number of aromatic nitrogens is 1. The minimum atomic E-state index is -4.76. The van der Waals surface area contributed by atoms with Crippen LogP contribution in [0.2, 0.25) is 5.02 Å². The molecule has 1 amide bonds. The summed E-state index contributed by atoms with van der Waals surface area (Å²) in [5.41, 5.74) is -0.282. The van der Waals surface area contributed by atoms with E-state index in [-0.39, 0.29) is 34.0 Å². The Labute approximate surface area is 243 Å². The van der Waals surface area contributed by atoms with Crippen molar-refractivity contribution in [2.75, 3.05) is 7.11 Å². The van der Waals surface area contributed by atoms with Gasteiger partial charge < -0.3 is 19.5 Å². The molecule has 0 spiro atoms. The predicted molar refractivity (Wildman–Crippen MR) is 145 cm³/mol. The van der Waals surface area contributed by atoms with E-state index in [0.29, 0.717) is 5.56 Å². The lowest BCUT2D eigenvalue weighted by Crippen LogP contribution is -2.50. The van der Waals surface area contributed by atoms with Crippen LogP contribution < -0.4 is 14.8 Å². The number of esters is 1. The van der Waals surface area contributed by atoms with E-state index in [0.717, 1.165) is 12.1 Å². The number of nitrogens with one attached hydrogen (secondary N) is 1. The fourth-order valence-electron chi connectivity index (χ4n) is 4.16. The number of nitrogens with zero attached hydrogens (tertiary/aromatic N) is 1. The molecule has 1 N–H and O–H groups in total. The van der Waals surface area contributed by atoms with Gasteiger partial charge in [0.05, 0.1) is 23.4 Å². The quantitative estimate of drug-likeness (QED) is 0.155. The molecule has 1 aromatic heterocycles. The van der Waals surface area contributed by atoms with Gasteiger partial charge in [-0.15, -0.1) is 0 Å². The van der Waals surface area contributed by atoms with Crippen LogP contribution in [-0.2, 0) is 16.7 Å². The number of ether oxygens (including phenoxy) is 3. The number of carbonyl (C=O) groups is 2. The molecule has 1 heterocycles. The van der Waals surface area contributed by atoms with Crippen LogP contribution in [0.1, 0.15) is 27.2 Å². The molecule has 4 rings (SSSR count). The second kappa shape index (κ2) is 12.9. The van der Waals surface area contributed by atoms with Crippen molar-refractivity contribution in [3.8, 4) is 11.5 Å². The highest BCUT2D eigenvalue weighted by molar-refractivity contribution is 6.30. The van der Waals surface area contributed by atoms with Gasteiger partial charge in [-0.2, -0.15) is 17.6 Å². The fourth-order valence-corrected chi connectivity index (χ4v) is 4.27. The van der Waals surface area contributed by atoms with Gasteiger partial charge in [-0.05, 0) is 59.7 Å². The van der Waals surface area contributed by atoms with E-state index in [1.807, 2.05) is 0 Å². The molecule has 0 aliphatic rings. The monoisotopic (exact) mass is 602 g/mol. The van der Waals surface area contributed by atoms with Crippen molar-refractivity contribution in [2.45, 2.75) is 24.5 Å². The second-order valence-corrected chi connectivity index (χ2v) is 9.39. The van der Waals surface area contributed by atoms with Gasteiger partial charge in [0.1, 0.15) is 17.0 Å². The number of amides is 1. The Kier molecular flexibility index (Phi) is 9.31. The van der Waals surface area contributed by atoms with Crippen LogP contribution in [0, 0.1) is 0 Å². The summed E-state index contributed by atoms with van der Waals surface area (Å²) < 4.78 is 67.9. The molecule has 0 saturated heterocycles. The van der Waals surface area contributed by atoms with Crippen LogP contribution in [0.25, 0.3) is 0 Å². The standard InChI is InChI=1S/C30H23ClF4N2O5/c1-40-26(38)20-10-13-23(14-11-20)41-28(39)37-29(17-19-6-3-2-4-7-19,25-15-12-22(31)18-36-25)21-8-5-9-24(16-21)42-30(34,35)27(32)33/h2-16,18,27H,17H2,1H3,(H,37,39)/t29-/m1/s1. The van der Waals surface area contributed by atoms with Gasteiger partial charge in [0.15, 0.2) is 0 Å². The van der Waals surface area contributed by atoms with E-state index in [9.17, 15) is 27.2 Å². The maximum absolute atomic E-state index is 13.8. The normalized spacial score (nSPS) is 12.7. The summed E-state index contributed by atoms with van der Waals surface area (Å²) in [6.45, 7) is 0. The van der Waals surface area contributed by atoms with Crippen molar-refractivity contribution in [2.24, 2.45) is 0 Å². The molecule has 7 nitrogen and oxygen atoms in total. The smallest absolute Gasteiger partial charge is 0.461 e. The third kappa shape index (κ3) is 7.16. The third-order valence-corrected chi connectivity index (χ3v) is 6.34. The summed E-state index contributed by atoms with van der Waals surface area (Å²) in [6, 6.07) is 22.5. The number of carbonyl (C=O) groups excluding carboxylic acids is 2. The Balaban J connectivity index is 1.79. The first-order valence-electron chi connectivity index (χ1n) is 12.3. The van der Waals surface area contributed by atoms with Gasteiger partial charge >= 0.3 is 24.6 Å². The van der Waals surface area contributed by atoms with Crippen molar-refractivity contribution in [1.82, 2.24) is 10.3 Å². The van der Waals surface area contributed by atoms with Gasteiger partial charge in [-0.3, -0.25) is 4.98 Å². The number of methoxy groups -OCH3 is 1. The zero-order valence-electron chi connectivity index (χ0n) is 21.9. The Bertz CT molecular complexity index is 1520. The Morgan fingerprint density at radius 2 is 1.64 bits per heavy atom. The lowest BCUT2D eigenvalue weighted by molar-refractivity contribution is -0.253. The summed E-state index contributed by atoms with van der Waals surface area (Å²) in [7, 11) is 1.23. The first-order chi connectivity index (χ1) is 20.0. The molecule has 0 bridgehead atoms. The van der Waals surface area contributed by atoms with Crippen molar-refractivity contribution in [3.63, 3.8) is 0 Å². The first-order valence-corrected chi connectivity index (χ1v) is 12.7. The van der Waals surface area contributed by atoms with Crippen molar-refractivity contribution >= 4 is 23.7 Å². The molecule has 42 heavy (non-hydrogen) atoms. The molecule has 0 radical (unpaired) electrons. The molecule has 12 heteroatoms. The number of halogens is 5. The van der Waals surface area contributed by atoms with Crippen molar-refractivity contribution < 1.29 is 41.4 Å². The number of rotatable bonds is 10. The second-order valence-electron chi connectivity index (χ2n) is 8.95. The van der Waals surface area contributed by atoms with Gasteiger partial charge in [-0.1, -0.05) is 54.1 Å². The summed E-state index contributed by atoms with van der Waals surface area (Å²) in [5.74, 6) is -1.08. The summed E-state index contributed by atoms with van der Waals surface area (Å²) >= 11 is 6.07. The number of benzene rings is 3. The Hall–Kier alpha value is -4.64. The van der Waals surface area contributed by atoms with Crippen LogP contribution in [-0.4, -0.2) is 36.7 Å². The number of alkyl halides is 4. The minimum Gasteiger partial charge on any atom is -0.465 e. The van der Waals surface area contributed by atoms with Crippen LogP contribution in [0.4, 0.5) is 22.4 Å². The molecule has 3 aromatic carbocycles. The van der Waals surface area contributed by atoms with E-state index >= 15 is 0 Å². The number of hydrogen-bond acceptors (Lipinski definition) is 6. The lowest BCUT2D eigenvalue weighted by Gasteiger charge is -2.35. The molecule has 4 aromatic rings. The SMILES string of the molecule is COC(=O)c1ccc(OC(=O)N[C@](Cc2ccccc2)(c2cccc(OC(F)(F)C(F)F)c2)c2ccc(Cl)cn2)cc1. The van der Waals surface area contributed by atoms with Gasteiger partial charge in [0.25, 0.3) is 0 Å². The zero-order valence-corrected chi connectivity index (χ0v) is 22.7. The van der Waals surface area contributed by atoms with Crippen LogP contribution >= 0.6 is 11.6 Å². The van der Waals surface area contributed by atoms with Gasteiger partial charge in [0, 0.05) is 12.6 Å². The summed E-state index contributed by atoms with van der Waals surface area (Å²) in [5, 5.41) is 3.08. The van der Waals surface area contributed by atoms with Crippen LogP contribution in [0.15, 0.2) is 97.2 Å². The maximum Gasteiger partial charge on any atom is 0.461 e. The van der Waals surface area contributed by atoms with Gasteiger partial charge in [0.2, 0.25) is 0 Å². The van der Waals surface area contributed by atoms with Gasteiger partial charge in [-0.25, -0.2) is 9.59 Å². The number of pyridine rings is 1. The minimum absolute atomic E-state index is 0.0214. The number of hydrogen-bond donors (Lipinski definition) is 1. The lowest BCUT2D eigenvalue weighted by atomic mass is 9.80. The average Bonchev–Trinajstić information content (AvgIpc) is 2.97. The molecule has 0 saturated carbocycles. The molecule has 0 aliphatic carbocycles. The van der Waals surface area contributed by atoms with E-state index in [2.05, 4.69) is 19.8 Å². The highest BCUT2D eigenvalue weighted by Crippen LogP contribution is 2.36. The Morgan fingerprint density at radius 1 is 0.929 bits per heavy atom. The van der Waals surface area contributed by atoms with E-state index in [4.69, 9.17) is 16.3 Å². The van der Waals surface area contributed by atoms with Crippen LogP contribution in [0.3, 0.4) is 0 Å². The molecule has 218 valence electrons. The molecular formula is C30H23ClF4N2O5. The first kappa shape index (κ1) is 30.3. The predicted octanol–water partition coefficient (Wildman–Crippen LogP) is 7.03. The maximum atomic E-state index is 13.8. The Morgan fingerprint density at radius 3 is 2.26 bits per heavy atom. The molecule has 1 atom stereocenters. The molecule has 0 fully saturated rings.